The van der Waals surface area contributed by atoms with Crippen LogP contribution in [0.1, 0.15) is 39.1 Å². The average molecular weight is 294 g/mol. The van der Waals surface area contributed by atoms with Gasteiger partial charge in [-0.05, 0) is 13.8 Å². The molecule has 0 radical (unpaired) electrons. The van der Waals surface area contributed by atoms with Crippen LogP contribution >= 0.6 is 0 Å². The minimum atomic E-state index is -0.192. The predicted octanol–water partition coefficient (Wildman–Crippen LogP) is 1.25. The summed E-state index contributed by atoms with van der Waals surface area (Å²) in [6.45, 7) is 11.5. The van der Waals surface area contributed by atoms with E-state index in [0.29, 0.717) is 12.4 Å². The molecule has 2 rings (SSSR count). The second-order valence-corrected chi connectivity index (χ2v) is 6.79. The smallest absolute Gasteiger partial charge is 0.138 e. The van der Waals surface area contributed by atoms with Crippen molar-refractivity contribution >= 4 is 11.6 Å². The third-order valence-corrected chi connectivity index (χ3v) is 3.66. The Balaban J connectivity index is 2.40. The van der Waals surface area contributed by atoms with E-state index in [1.165, 1.54) is 0 Å². The lowest BCUT2D eigenvalue weighted by molar-refractivity contribution is -0.0423. The standard InChI is InChI=1S/C15H26N4O2/c1-9-6-19(7-11(8-20)21-9)13-10(2)12(16)17-14(18-13)15(3,4)5/h9,11,20H,6-8H2,1-5H3,(H2,16,17,18). The highest BCUT2D eigenvalue weighted by Gasteiger charge is 2.29. The van der Waals surface area contributed by atoms with E-state index >= 15 is 0 Å². The van der Waals surface area contributed by atoms with Gasteiger partial charge < -0.3 is 20.5 Å². The summed E-state index contributed by atoms with van der Waals surface area (Å²) >= 11 is 0. The third-order valence-electron chi connectivity index (χ3n) is 3.66. The molecule has 2 unspecified atom stereocenters. The maximum absolute atomic E-state index is 9.37. The van der Waals surface area contributed by atoms with Gasteiger partial charge in [-0.2, -0.15) is 0 Å². The van der Waals surface area contributed by atoms with Crippen molar-refractivity contribution < 1.29 is 9.84 Å². The number of nitrogens with two attached hydrogens (primary N) is 1. The molecule has 1 aromatic heterocycles. The summed E-state index contributed by atoms with van der Waals surface area (Å²) in [6.07, 6.45) is -0.146. The zero-order valence-corrected chi connectivity index (χ0v) is 13.6. The van der Waals surface area contributed by atoms with Crippen LogP contribution in [0.4, 0.5) is 11.6 Å². The van der Waals surface area contributed by atoms with Crippen LogP contribution in [0.15, 0.2) is 0 Å². The van der Waals surface area contributed by atoms with Gasteiger partial charge in [0.1, 0.15) is 17.5 Å². The molecule has 2 heterocycles. The van der Waals surface area contributed by atoms with E-state index in [-0.39, 0.29) is 24.2 Å². The fourth-order valence-corrected chi connectivity index (χ4v) is 2.48. The number of aliphatic hydroxyl groups excluding tert-OH is 1. The first kappa shape index (κ1) is 16.0. The number of ether oxygens (including phenoxy) is 1. The average Bonchev–Trinajstić information content (AvgIpc) is 2.39. The Bertz CT molecular complexity index is 513. The second kappa shape index (κ2) is 5.77. The SMILES string of the molecule is Cc1c(N)nc(C(C)(C)C)nc1N1CC(C)OC(CO)C1. The highest BCUT2D eigenvalue weighted by molar-refractivity contribution is 5.57. The minimum absolute atomic E-state index is 0.00653. The Morgan fingerprint density at radius 2 is 2.00 bits per heavy atom. The van der Waals surface area contributed by atoms with Crippen molar-refractivity contribution in [2.75, 3.05) is 30.3 Å². The highest BCUT2D eigenvalue weighted by atomic mass is 16.5. The van der Waals surface area contributed by atoms with E-state index in [4.69, 9.17) is 15.5 Å². The van der Waals surface area contributed by atoms with Crippen molar-refractivity contribution in [3.8, 4) is 0 Å². The van der Waals surface area contributed by atoms with E-state index in [1.807, 2.05) is 13.8 Å². The summed E-state index contributed by atoms with van der Waals surface area (Å²) in [5.74, 6) is 2.10. The predicted molar refractivity (Wildman–Crippen MR) is 83.5 cm³/mol. The second-order valence-electron chi connectivity index (χ2n) is 6.79. The Kier molecular flexibility index (Phi) is 4.39. The molecule has 6 heteroatoms. The number of hydrogen-bond donors (Lipinski definition) is 2. The number of nitrogen functional groups attached to an aromatic ring is 1. The molecule has 0 aromatic carbocycles. The summed E-state index contributed by atoms with van der Waals surface area (Å²) in [5, 5.41) is 9.37. The van der Waals surface area contributed by atoms with Crippen LogP contribution in [0.5, 0.6) is 0 Å². The molecule has 1 fully saturated rings. The van der Waals surface area contributed by atoms with Gasteiger partial charge in [0, 0.05) is 24.1 Å². The van der Waals surface area contributed by atoms with Crippen molar-refractivity contribution in [2.24, 2.45) is 0 Å². The van der Waals surface area contributed by atoms with Gasteiger partial charge in [0.15, 0.2) is 0 Å². The molecular formula is C15H26N4O2. The van der Waals surface area contributed by atoms with Gasteiger partial charge in [0.2, 0.25) is 0 Å². The van der Waals surface area contributed by atoms with E-state index in [0.717, 1.165) is 23.8 Å². The molecule has 1 aliphatic heterocycles. The van der Waals surface area contributed by atoms with E-state index in [9.17, 15) is 5.11 Å². The zero-order chi connectivity index (χ0) is 15.8. The molecule has 6 nitrogen and oxygen atoms in total. The van der Waals surface area contributed by atoms with Crippen molar-refractivity contribution in [1.82, 2.24) is 9.97 Å². The van der Waals surface area contributed by atoms with Crippen LogP contribution in [0.25, 0.3) is 0 Å². The molecule has 118 valence electrons. The number of aromatic nitrogens is 2. The van der Waals surface area contributed by atoms with Crippen LogP contribution in [-0.4, -0.2) is 47.0 Å². The van der Waals surface area contributed by atoms with Gasteiger partial charge in [-0.1, -0.05) is 20.8 Å². The van der Waals surface area contributed by atoms with Crippen LogP contribution in [0.2, 0.25) is 0 Å². The molecule has 1 aromatic rings. The molecule has 1 saturated heterocycles. The number of aliphatic hydroxyl groups is 1. The first-order chi connectivity index (χ1) is 9.72. The van der Waals surface area contributed by atoms with Crippen molar-refractivity contribution in [2.45, 2.75) is 52.2 Å². The van der Waals surface area contributed by atoms with Crippen LogP contribution in [0.3, 0.4) is 0 Å². The lowest BCUT2D eigenvalue weighted by Gasteiger charge is -2.38. The molecule has 21 heavy (non-hydrogen) atoms. The van der Waals surface area contributed by atoms with Gasteiger partial charge in [-0.25, -0.2) is 9.97 Å². The quantitative estimate of drug-likeness (QED) is 0.854. The Morgan fingerprint density at radius 1 is 1.33 bits per heavy atom. The fourth-order valence-electron chi connectivity index (χ4n) is 2.48. The molecule has 0 saturated carbocycles. The van der Waals surface area contributed by atoms with E-state index < -0.39 is 0 Å². The van der Waals surface area contributed by atoms with E-state index in [2.05, 4.69) is 30.7 Å². The maximum Gasteiger partial charge on any atom is 0.138 e. The van der Waals surface area contributed by atoms with Crippen molar-refractivity contribution in [1.29, 1.82) is 0 Å². The molecule has 0 spiro atoms. The van der Waals surface area contributed by atoms with Gasteiger partial charge >= 0.3 is 0 Å². The Labute approximate surface area is 126 Å². The largest absolute Gasteiger partial charge is 0.394 e. The fraction of sp³-hybridized carbons (Fsp3) is 0.733. The molecular weight excluding hydrogens is 268 g/mol. The normalized spacial score (nSPS) is 23.4. The summed E-state index contributed by atoms with van der Waals surface area (Å²) in [7, 11) is 0. The van der Waals surface area contributed by atoms with Crippen LogP contribution in [0, 0.1) is 6.92 Å². The molecule has 0 bridgehead atoms. The minimum Gasteiger partial charge on any atom is -0.394 e. The van der Waals surface area contributed by atoms with Crippen LogP contribution in [-0.2, 0) is 10.2 Å². The molecule has 3 N–H and O–H groups in total. The summed E-state index contributed by atoms with van der Waals surface area (Å²) < 4.78 is 5.69. The molecule has 0 aliphatic carbocycles. The number of hydrogen-bond acceptors (Lipinski definition) is 6. The number of anilines is 2. The van der Waals surface area contributed by atoms with Gasteiger partial charge in [0.25, 0.3) is 0 Å². The van der Waals surface area contributed by atoms with Gasteiger partial charge in [0.05, 0.1) is 18.8 Å². The summed E-state index contributed by atoms with van der Waals surface area (Å²) in [4.78, 5) is 11.3. The number of rotatable bonds is 2. The van der Waals surface area contributed by atoms with Crippen molar-refractivity contribution in [3.63, 3.8) is 0 Å². The monoisotopic (exact) mass is 294 g/mol. The molecule has 2 atom stereocenters. The summed E-state index contributed by atoms with van der Waals surface area (Å²) in [6, 6.07) is 0. The van der Waals surface area contributed by atoms with Crippen LogP contribution < -0.4 is 10.6 Å². The first-order valence-electron chi connectivity index (χ1n) is 7.38. The molecule has 0 amide bonds. The zero-order valence-electron chi connectivity index (χ0n) is 13.6. The lowest BCUT2D eigenvalue weighted by Crippen LogP contribution is -2.48. The lowest BCUT2D eigenvalue weighted by atomic mass is 9.95. The molecule has 1 aliphatic rings. The summed E-state index contributed by atoms with van der Waals surface area (Å²) in [5.41, 5.74) is 6.79. The Hall–Kier alpha value is -1.40. The van der Waals surface area contributed by atoms with E-state index in [1.54, 1.807) is 0 Å². The number of morpholine rings is 1. The Morgan fingerprint density at radius 3 is 2.57 bits per heavy atom. The van der Waals surface area contributed by atoms with Gasteiger partial charge in [-0.3, -0.25) is 0 Å². The van der Waals surface area contributed by atoms with Crippen molar-refractivity contribution in [3.05, 3.63) is 11.4 Å². The first-order valence-corrected chi connectivity index (χ1v) is 7.38. The number of nitrogens with zero attached hydrogens (tertiary/aromatic N) is 3. The topological polar surface area (TPSA) is 84.5 Å². The maximum atomic E-state index is 9.37. The third kappa shape index (κ3) is 3.44. The highest BCUT2D eigenvalue weighted by Crippen LogP contribution is 2.28. The van der Waals surface area contributed by atoms with Gasteiger partial charge in [-0.15, -0.1) is 0 Å².